The van der Waals surface area contributed by atoms with Gasteiger partial charge in [-0.1, -0.05) is 34.8 Å². The van der Waals surface area contributed by atoms with Gasteiger partial charge in [-0.2, -0.15) is 0 Å². The Morgan fingerprint density at radius 1 is 1.00 bits per heavy atom. The molecule has 0 saturated heterocycles. The second-order valence-electron chi connectivity index (χ2n) is 6.81. The summed E-state index contributed by atoms with van der Waals surface area (Å²) in [4.78, 5) is 29.1. The van der Waals surface area contributed by atoms with E-state index in [1.165, 1.54) is 24.6 Å². The van der Waals surface area contributed by atoms with Gasteiger partial charge in [0, 0.05) is 21.7 Å². The Morgan fingerprint density at radius 2 is 1.71 bits per heavy atom. The first kappa shape index (κ1) is 22.2. The van der Waals surface area contributed by atoms with Gasteiger partial charge in [0.15, 0.2) is 0 Å². The van der Waals surface area contributed by atoms with Crippen molar-refractivity contribution in [2.45, 2.75) is 10.3 Å². The van der Waals surface area contributed by atoms with Gasteiger partial charge in [-0.15, -0.1) is 23.2 Å². The maximum atomic E-state index is 12.9. The molecule has 160 valence electrons. The van der Waals surface area contributed by atoms with Gasteiger partial charge in [0.05, 0.1) is 22.7 Å². The van der Waals surface area contributed by atoms with E-state index in [9.17, 15) is 9.59 Å². The molecule has 0 aliphatic heterocycles. The highest BCUT2D eigenvalue weighted by Crippen LogP contribution is 2.65. The summed E-state index contributed by atoms with van der Waals surface area (Å²) < 4.78 is 3.67. The van der Waals surface area contributed by atoms with Crippen LogP contribution in [0.5, 0.6) is 0 Å². The Kier molecular flexibility index (Phi) is 6.12. The number of nitrogens with one attached hydrogen (secondary N) is 2. The number of carbonyl (C=O) groups is 2. The number of carbonyl (C=O) groups excluding carboxylic acids is 2. The first-order valence-electron chi connectivity index (χ1n) is 8.82. The van der Waals surface area contributed by atoms with Crippen LogP contribution < -0.4 is 10.6 Å². The second kappa shape index (κ2) is 8.52. The van der Waals surface area contributed by atoms with Crippen LogP contribution in [0.25, 0.3) is 0 Å². The third kappa shape index (κ3) is 4.64. The number of hydrogen-bond donors (Lipinski definition) is 2. The summed E-state index contributed by atoms with van der Waals surface area (Å²) in [7, 11) is 0. The fraction of sp³-hybridized carbons (Fsp3) is 0.150. The van der Waals surface area contributed by atoms with E-state index < -0.39 is 28.0 Å². The Morgan fingerprint density at radius 3 is 2.35 bits per heavy atom. The number of nitrogens with zero attached hydrogens (tertiary/aromatic N) is 1. The van der Waals surface area contributed by atoms with E-state index in [1.54, 1.807) is 24.3 Å². The largest absolute Gasteiger partial charge is 0.432 e. The van der Waals surface area contributed by atoms with Crippen molar-refractivity contribution in [1.82, 2.24) is 4.98 Å². The third-order valence-electron chi connectivity index (χ3n) is 4.71. The molecule has 1 fully saturated rings. The summed E-state index contributed by atoms with van der Waals surface area (Å²) in [5.74, 6) is -2.21. The van der Waals surface area contributed by atoms with Gasteiger partial charge in [0.1, 0.15) is 10.6 Å². The smallest absolute Gasteiger partial charge is 0.301 e. The number of hydrogen-bond acceptors (Lipinski definition) is 4. The molecular weight excluding hydrogens is 508 g/mol. The summed E-state index contributed by atoms with van der Waals surface area (Å²) >= 11 is 31.0. The van der Waals surface area contributed by atoms with Gasteiger partial charge in [0.25, 0.3) is 5.91 Å². The van der Waals surface area contributed by atoms with E-state index in [1.807, 2.05) is 0 Å². The summed E-state index contributed by atoms with van der Waals surface area (Å²) in [6.45, 7) is 0. The summed E-state index contributed by atoms with van der Waals surface area (Å²) in [6, 6.07) is 9.39. The van der Waals surface area contributed by atoms with Crippen LogP contribution >= 0.6 is 58.0 Å². The van der Waals surface area contributed by atoms with E-state index in [0.29, 0.717) is 21.3 Å². The molecule has 4 rings (SSSR count). The van der Waals surface area contributed by atoms with E-state index >= 15 is 0 Å². The highest BCUT2D eigenvalue weighted by Gasteiger charge is 2.67. The lowest BCUT2D eigenvalue weighted by Crippen LogP contribution is -2.18. The number of rotatable bonds is 5. The summed E-state index contributed by atoms with van der Waals surface area (Å²) in [5.41, 5.74) is 1.12. The molecule has 1 aliphatic carbocycles. The van der Waals surface area contributed by atoms with Crippen LogP contribution in [0, 0.1) is 5.92 Å². The maximum Gasteiger partial charge on any atom is 0.301 e. The number of benzene rings is 2. The molecule has 0 radical (unpaired) electrons. The van der Waals surface area contributed by atoms with E-state index in [4.69, 9.17) is 62.4 Å². The number of anilines is 2. The lowest BCUT2D eigenvalue weighted by molar-refractivity contribution is -0.117. The monoisotopic (exact) mass is 517 g/mol. The second-order valence-corrected chi connectivity index (χ2v) is 9.53. The van der Waals surface area contributed by atoms with Crippen molar-refractivity contribution in [3.63, 3.8) is 0 Å². The number of aromatic nitrogens is 1. The minimum Gasteiger partial charge on any atom is -0.432 e. The Balaban J connectivity index is 1.51. The van der Waals surface area contributed by atoms with Gasteiger partial charge >= 0.3 is 6.01 Å². The standard InChI is InChI=1S/C20H12Cl5N3O3/c21-10-5-9(6-11(22)7-10)15-16(20(15,24)25)18(30)27-12-1-2-14(23)13(8-12)17(29)28-19-26-3-4-31-19/h1-8,15-16H,(H,27,30)(H,26,28,29)/t15-,16+/m1/s1. The molecule has 2 aromatic carbocycles. The van der Waals surface area contributed by atoms with Crippen molar-refractivity contribution in [3.8, 4) is 0 Å². The Bertz CT molecular complexity index is 1150. The van der Waals surface area contributed by atoms with Crippen LogP contribution in [0.3, 0.4) is 0 Å². The Hall–Kier alpha value is -1.96. The molecule has 3 aromatic rings. The van der Waals surface area contributed by atoms with Crippen molar-refractivity contribution in [2.24, 2.45) is 5.92 Å². The molecule has 2 atom stereocenters. The lowest BCUT2D eigenvalue weighted by atomic mass is 10.1. The SMILES string of the molecule is O=C(Nc1ncco1)c1cc(NC(=O)[C@@H]2[C@@H](c3cc(Cl)cc(Cl)c3)C2(Cl)Cl)ccc1Cl. The predicted octanol–water partition coefficient (Wildman–Crippen LogP) is 6.41. The maximum absolute atomic E-state index is 12.9. The fourth-order valence-corrected chi connectivity index (χ4v) is 4.84. The van der Waals surface area contributed by atoms with E-state index in [2.05, 4.69) is 15.6 Å². The molecule has 1 heterocycles. The highest BCUT2D eigenvalue weighted by atomic mass is 35.5. The van der Waals surface area contributed by atoms with Crippen LogP contribution in [0.4, 0.5) is 11.7 Å². The zero-order valence-electron chi connectivity index (χ0n) is 15.3. The highest BCUT2D eigenvalue weighted by molar-refractivity contribution is 6.53. The molecule has 0 spiro atoms. The number of oxazole rings is 1. The van der Waals surface area contributed by atoms with Crippen molar-refractivity contribution >= 4 is 81.5 Å². The van der Waals surface area contributed by atoms with Crippen molar-refractivity contribution in [2.75, 3.05) is 10.6 Å². The number of amides is 2. The number of halogens is 5. The molecule has 2 amide bonds. The normalized spacial score (nSPS) is 19.0. The van der Waals surface area contributed by atoms with E-state index in [0.717, 1.165) is 0 Å². The van der Waals surface area contributed by atoms with Crippen molar-refractivity contribution in [3.05, 3.63) is 75.1 Å². The average Bonchev–Trinajstić information content (AvgIpc) is 2.99. The Labute approximate surface area is 201 Å². The van der Waals surface area contributed by atoms with Gasteiger partial charge < -0.3 is 9.73 Å². The molecule has 0 bridgehead atoms. The summed E-state index contributed by atoms with van der Waals surface area (Å²) in [5, 5.41) is 6.20. The summed E-state index contributed by atoms with van der Waals surface area (Å²) in [6.07, 6.45) is 2.70. The first-order valence-corrected chi connectivity index (χ1v) is 10.7. The van der Waals surface area contributed by atoms with Crippen LogP contribution in [0.15, 0.2) is 53.3 Å². The molecule has 2 N–H and O–H groups in total. The van der Waals surface area contributed by atoms with Gasteiger partial charge in [-0.3, -0.25) is 14.9 Å². The van der Waals surface area contributed by atoms with Crippen LogP contribution in [0.2, 0.25) is 15.1 Å². The molecule has 31 heavy (non-hydrogen) atoms. The quantitative estimate of drug-likeness (QED) is 0.382. The van der Waals surface area contributed by atoms with Gasteiger partial charge in [-0.25, -0.2) is 4.98 Å². The zero-order valence-corrected chi connectivity index (χ0v) is 19.1. The minimum atomic E-state index is -1.32. The topological polar surface area (TPSA) is 84.2 Å². The molecule has 1 aromatic heterocycles. The molecule has 0 unspecified atom stereocenters. The minimum absolute atomic E-state index is 0.0190. The first-order chi connectivity index (χ1) is 14.7. The predicted molar refractivity (Wildman–Crippen MR) is 122 cm³/mol. The van der Waals surface area contributed by atoms with Gasteiger partial charge in [-0.05, 0) is 42.0 Å². The zero-order chi connectivity index (χ0) is 22.3. The lowest BCUT2D eigenvalue weighted by Gasteiger charge is -2.09. The average molecular weight is 520 g/mol. The van der Waals surface area contributed by atoms with Crippen molar-refractivity contribution in [1.29, 1.82) is 0 Å². The molecule has 6 nitrogen and oxygen atoms in total. The molecule has 1 aliphatic rings. The van der Waals surface area contributed by atoms with Crippen molar-refractivity contribution < 1.29 is 14.0 Å². The van der Waals surface area contributed by atoms with Crippen LogP contribution in [-0.2, 0) is 4.79 Å². The van der Waals surface area contributed by atoms with Gasteiger partial charge in [0.2, 0.25) is 5.91 Å². The third-order valence-corrected chi connectivity index (χ3v) is 6.42. The van der Waals surface area contributed by atoms with E-state index in [-0.39, 0.29) is 16.6 Å². The molecule has 1 saturated carbocycles. The van der Waals surface area contributed by atoms with Crippen LogP contribution in [-0.4, -0.2) is 21.1 Å². The molecular formula is C20H12Cl5N3O3. The fourth-order valence-electron chi connectivity index (χ4n) is 3.27. The molecule has 11 heteroatoms. The number of alkyl halides is 2. The van der Waals surface area contributed by atoms with Crippen LogP contribution in [0.1, 0.15) is 21.8 Å².